The van der Waals surface area contributed by atoms with Gasteiger partial charge in [-0.15, -0.1) is 0 Å². The molecule has 1 aliphatic heterocycles. The zero-order valence-corrected chi connectivity index (χ0v) is 7.14. The number of morpholine rings is 1. The average Bonchev–Trinajstić information content (AvgIpc) is 2.20. The van der Waals surface area contributed by atoms with Crippen molar-refractivity contribution in [2.45, 2.75) is 0 Å². The van der Waals surface area contributed by atoms with Gasteiger partial charge in [-0.05, 0) is 12.1 Å². The zero-order valence-electron chi connectivity index (χ0n) is 7.14. The molecule has 0 radical (unpaired) electrons. The van der Waals surface area contributed by atoms with Gasteiger partial charge in [-0.2, -0.15) is 0 Å². The van der Waals surface area contributed by atoms with E-state index in [4.69, 9.17) is 4.74 Å². The Balaban J connectivity index is 2.20. The summed E-state index contributed by atoms with van der Waals surface area (Å²) < 4.78 is 5.02. The molecule has 0 bridgehead atoms. The molecule has 4 heteroatoms. The van der Waals surface area contributed by atoms with Crippen LogP contribution in [0.3, 0.4) is 0 Å². The predicted molar refractivity (Wildman–Crippen MR) is 47.4 cm³/mol. The summed E-state index contributed by atoms with van der Waals surface area (Å²) in [7, 11) is 0. The van der Waals surface area contributed by atoms with Gasteiger partial charge in [0.05, 0.1) is 18.5 Å². The highest BCUT2D eigenvalue weighted by atomic mass is 16.5. The maximum Gasteiger partial charge on any atom is 0.253 e. The van der Waals surface area contributed by atoms with Crippen molar-refractivity contribution in [3.05, 3.63) is 24.5 Å². The smallest absolute Gasteiger partial charge is 0.253 e. The Morgan fingerprint density at radius 3 is 3.15 bits per heavy atom. The van der Waals surface area contributed by atoms with Crippen LogP contribution in [0.25, 0.3) is 0 Å². The van der Waals surface area contributed by atoms with E-state index in [1.807, 2.05) is 12.1 Å². The second-order valence-corrected chi connectivity index (χ2v) is 2.81. The number of ether oxygens (including phenoxy) is 1. The molecular formula is C9H10N2O2. The van der Waals surface area contributed by atoms with Crippen LogP contribution in [-0.4, -0.2) is 30.6 Å². The summed E-state index contributed by atoms with van der Waals surface area (Å²) in [6.45, 7) is 1.39. The number of anilines is 1. The quantitative estimate of drug-likeness (QED) is 0.626. The Labute approximate surface area is 76.1 Å². The van der Waals surface area contributed by atoms with E-state index >= 15 is 0 Å². The summed E-state index contributed by atoms with van der Waals surface area (Å²) in [4.78, 5) is 17.0. The van der Waals surface area contributed by atoms with Crippen molar-refractivity contribution >= 4 is 11.6 Å². The lowest BCUT2D eigenvalue weighted by molar-refractivity contribution is -0.125. The van der Waals surface area contributed by atoms with Gasteiger partial charge in [0.1, 0.15) is 6.61 Å². The highest BCUT2D eigenvalue weighted by Crippen LogP contribution is 2.13. The van der Waals surface area contributed by atoms with Crippen LogP contribution in [-0.2, 0) is 9.53 Å². The van der Waals surface area contributed by atoms with Gasteiger partial charge in [0.2, 0.25) is 0 Å². The Morgan fingerprint density at radius 1 is 1.54 bits per heavy atom. The van der Waals surface area contributed by atoms with Crippen LogP contribution in [0.2, 0.25) is 0 Å². The molecule has 13 heavy (non-hydrogen) atoms. The summed E-state index contributed by atoms with van der Waals surface area (Å²) in [5.41, 5.74) is 0.843. The molecule has 0 atom stereocenters. The first-order chi connectivity index (χ1) is 6.38. The molecule has 0 aromatic carbocycles. The summed E-state index contributed by atoms with van der Waals surface area (Å²) in [5.74, 6) is -0.000694. The Morgan fingerprint density at radius 2 is 2.46 bits per heavy atom. The molecule has 1 aliphatic rings. The summed E-state index contributed by atoms with van der Waals surface area (Å²) in [6.07, 6.45) is 3.37. The first-order valence-electron chi connectivity index (χ1n) is 4.16. The maximum absolute atomic E-state index is 11.4. The molecular weight excluding hydrogens is 168 g/mol. The molecule has 0 N–H and O–H groups in total. The van der Waals surface area contributed by atoms with E-state index in [0.29, 0.717) is 13.2 Å². The molecule has 2 heterocycles. The molecule has 1 aromatic heterocycles. The minimum atomic E-state index is -0.000694. The van der Waals surface area contributed by atoms with Crippen LogP contribution in [0.1, 0.15) is 0 Å². The van der Waals surface area contributed by atoms with Gasteiger partial charge in [0.25, 0.3) is 5.91 Å². The molecule has 68 valence electrons. The number of aromatic nitrogens is 1. The van der Waals surface area contributed by atoms with E-state index in [9.17, 15) is 4.79 Å². The summed E-state index contributed by atoms with van der Waals surface area (Å²) >= 11 is 0. The first-order valence-corrected chi connectivity index (χ1v) is 4.16. The van der Waals surface area contributed by atoms with Gasteiger partial charge in [0.15, 0.2) is 0 Å². The lowest BCUT2D eigenvalue weighted by atomic mass is 10.3. The topological polar surface area (TPSA) is 42.4 Å². The molecule has 1 aromatic rings. The fourth-order valence-electron chi connectivity index (χ4n) is 1.30. The van der Waals surface area contributed by atoms with Gasteiger partial charge in [-0.3, -0.25) is 9.78 Å². The first kappa shape index (κ1) is 8.19. The van der Waals surface area contributed by atoms with Crippen molar-refractivity contribution in [2.24, 2.45) is 0 Å². The van der Waals surface area contributed by atoms with Crippen LogP contribution >= 0.6 is 0 Å². The van der Waals surface area contributed by atoms with E-state index in [1.165, 1.54) is 0 Å². The van der Waals surface area contributed by atoms with Crippen LogP contribution < -0.4 is 4.90 Å². The van der Waals surface area contributed by atoms with Crippen molar-refractivity contribution in [3.63, 3.8) is 0 Å². The number of nitrogens with zero attached hydrogens (tertiary/aromatic N) is 2. The maximum atomic E-state index is 11.4. The predicted octanol–water partition coefficient (Wildman–Crippen LogP) is 0.445. The van der Waals surface area contributed by atoms with Crippen LogP contribution in [0.15, 0.2) is 24.5 Å². The molecule has 0 aliphatic carbocycles. The minimum absolute atomic E-state index is 0.000694. The highest BCUT2D eigenvalue weighted by Gasteiger charge is 2.19. The molecule has 1 amide bonds. The van der Waals surface area contributed by atoms with Crippen molar-refractivity contribution in [1.82, 2.24) is 4.98 Å². The van der Waals surface area contributed by atoms with E-state index in [2.05, 4.69) is 4.98 Å². The Kier molecular flexibility index (Phi) is 2.23. The lowest BCUT2D eigenvalue weighted by Gasteiger charge is -2.26. The fraction of sp³-hybridized carbons (Fsp3) is 0.333. The third kappa shape index (κ3) is 1.67. The average molecular weight is 178 g/mol. The van der Waals surface area contributed by atoms with Crippen LogP contribution in [0.5, 0.6) is 0 Å². The molecule has 1 saturated heterocycles. The van der Waals surface area contributed by atoms with E-state index < -0.39 is 0 Å². The standard InChI is InChI=1S/C9H10N2O2/c12-9-7-13-5-4-11(9)8-2-1-3-10-6-8/h1-3,6H,4-5,7H2. The Bertz CT molecular complexity index is 300. The van der Waals surface area contributed by atoms with Crippen LogP contribution in [0, 0.1) is 0 Å². The van der Waals surface area contributed by atoms with Crippen molar-refractivity contribution in [2.75, 3.05) is 24.7 Å². The van der Waals surface area contributed by atoms with Gasteiger partial charge < -0.3 is 9.64 Å². The van der Waals surface area contributed by atoms with Gasteiger partial charge in [-0.25, -0.2) is 0 Å². The number of amides is 1. The highest BCUT2D eigenvalue weighted by molar-refractivity contribution is 5.94. The number of hydrogen-bond donors (Lipinski definition) is 0. The monoisotopic (exact) mass is 178 g/mol. The largest absolute Gasteiger partial charge is 0.370 e. The van der Waals surface area contributed by atoms with E-state index in [0.717, 1.165) is 5.69 Å². The normalized spacial score (nSPS) is 17.5. The van der Waals surface area contributed by atoms with Gasteiger partial charge in [-0.1, -0.05) is 0 Å². The number of hydrogen-bond acceptors (Lipinski definition) is 3. The molecule has 0 unspecified atom stereocenters. The zero-order chi connectivity index (χ0) is 9.10. The molecule has 1 fully saturated rings. The molecule has 2 rings (SSSR count). The van der Waals surface area contributed by atoms with Crippen LogP contribution in [0.4, 0.5) is 5.69 Å². The minimum Gasteiger partial charge on any atom is -0.370 e. The van der Waals surface area contributed by atoms with E-state index in [-0.39, 0.29) is 12.5 Å². The number of carbonyl (C=O) groups excluding carboxylic acids is 1. The second kappa shape index (κ2) is 3.53. The number of rotatable bonds is 1. The lowest BCUT2D eigenvalue weighted by Crippen LogP contribution is -2.41. The summed E-state index contributed by atoms with van der Waals surface area (Å²) in [6, 6.07) is 3.69. The molecule has 0 spiro atoms. The van der Waals surface area contributed by atoms with Crippen molar-refractivity contribution < 1.29 is 9.53 Å². The number of pyridine rings is 1. The number of carbonyl (C=O) groups is 1. The molecule has 0 saturated carbocycles. The molecule has 4 nitrogen and oxygen atoms in total. The van der Waals surface area contributed by atoms with Crippen molar-refractivity contribution in [1.29, 1.82) is 0 Å². The third-order valence-electron chi connectivity index (χ3n) is 1.94. The Hall–Kier alpha value is -1.42. The second-order valence-electron chi connectivity index (χ2n) is 2.81. The summed E-state index contributed by atoms with van der Waals surface area (Å²) in [5, 5.41) is 0. The van der Waals surface area contributed by atoms with E-state index in [1.54, 1.807) is 17.3 Å². The van der Waals surface area contributed by atoms with Gasteiger partial charge in [0, 0.05) is 12.7 Å². The fourth-order valence-corrected chi connectivity index (χ4v) is 1.30. The van der Waals surface area contributed by atoms with Crippen molar-refractivity contribution in [3.8, 4) is 0 Å². The van der Waals surface area contributed by atoms with Gasteiger partial charge >= 0.3 is 0 Å². The SMILES string of the molecule is O=C1COCCN1c1cccnc1. The third-order valence-corrected chi connectivity index (χ3v) is 1.94.